The fourth-order valence-corrected chi connectivity index (χ4v) is 7.94. The number of hydrogen-bond acceptors (Lipinski definition) is 4. The van der Waals surface area contributed by atoms with Crippen molar-refractivity contribution in [2.45, 2.75) is 55.1 Å². The van der Waals surface area contributed by atoms with Crippen LogP contribution in [0, 0.1) is 35.0 Å². The third kappa shape index (κ3) is 8.65. The van der Waals surface area contributed by atoms with Crippen LogP contribution in [0.15, 0.2) is 169 Å². The number of hydrogen-bond donors (Lipinski definition) is 0. The molecule has 0 heterocycles. The Morgan fingerprint density at radius 2 is 0.981 bits per heavy atom. The van der Waals surface area contributed by atoms with Gasteiger partial charge in [-0.1, -0.05) is 115 Å². The van der Waals surface area contributed by atoms with Crippen LogP contribution in [-0.2, 0) is 20.7 Å². The minimum Gasteiger partial charge on any atom is -0.311 e. The highest BCUT2D eigenvalue weighted by Gasteiger charge is 2.29. The molecule has 0 aliphatic rings. The maximum absolute atomic E-state index is 14.1. The summed E-state index contributed by atoms with van der Waals surface area (Å²) in [4.78, 5) is 2.42. The molecule has 54 heavy (non-hydrogen) atoms. The number of anilines is 3. The second-order valence-corrected chi connectivity index (χ2v) is 16.3. The van der Waals surface area contributed by atoms with Crippen LogP contribution in [0.3, 0.4) is 0 Å². The van der Waals surface area contributed by atoms with Crippen molar-refractivity contribution in [3.63, 3.8) is 0 Å². The molecule has 0 aliphatic heterocycles. The molecule has 0 saturated heterocycles. The molecule has 0 fully saturated rings. The summed E-state index contributed by atoms with van der Waals surface area (Å²) in [7, 11) is -3.76. The summed E-state index contributed by atoms with van der Waals surface area (Å²) < 4.78 is 28.3. The van der Waals surface area contributed by atoms with Gasteiger partial charge in [0, 0.05) is 29.0 Å². The molecule has 1 unspecified atom stereocenters. The average Bonchev–Trinajstić information content (AvgIpc) is 3.20. The van der Waals surface area contributed by atoms with E-state index in [9.17, 15) is 8.42 Å². The Morgan fingerprint density at radius 3 is 1.44 bits per heavy atom. The van der Waals surface area contributed by atoms with Crippen molar-refractivity contribution < 1.29 is 8.42 Å². The minimum absolute atomic E-state index is 0.126. The quantitative estimate of drug-likeness (QED) is 0.139. The van der Waals surface area contributed by atoms with E-state index in [0.717, 1.165) is 33.8 Å². The standard InChI is InChI=1S/C49H42N2O2S/c1-48(2,35-36-49(3,4)42-31-25-39(37-50)26-32-42)41-29-23-38(24-30-41)15-14-22-47(54(52,53)46-20-12-7-13-21-46)40-27-33-45(34-28-40)51(43-16-8-5-9-17-43)44-18-10-6-11-19-44/h5-13,16-21,23-34,47H,22H2,1-4H3. The monoisotopic (exact) mass is 722 g/mol. The number of benzene rings is 6. The van der Waals surface area contributed by atoms with Gasteiger partial charge in [0.25, 0.3) is 0 Å². The number of para-hydroxylation sites is 2. The largest absolute Gasteiger partial charge is 0.311 e. The average molecular weight is 723 g/mol. The second kappa shape index (κ2) is 16.1. The van der Waals surface area contributed by atoms with Gasteiger partial charge in [-0.2, -0.15) is 5.26 Å². The molecule has 0 saturated carbocycles. The summed E-state index contributed by atoms with van der Waals surface area (Å²) in [6.45, 7) is 8.36. The molecule has 4 nitrogen and oxygen atoms in total. The van der Waals surface area contributed by atoms with Crippen molar-refractivity contribution in [2.24, 2.45) is 0 Å². The van der Waals surface area contributed by atoms with Gasteiger partial charge >= 0.3 is 0 Å². The van der Waals surface area contributed by atoms with Crippen molar-refractivity contribution in [3.8, 4) is 29.8 Å². The van der Waals surface area contributed by atoms with E-state index in [1.807, 2.05) is 115 Å². The molecule has 6 aromatic carbocycles. The Balaban J connectivity index is 1.25. The second-order valence-electron chi connectivity index (χ2n) is 14.2. The normalized spacial score (nSPS) is 11.9. The van der Waals surface area contributed by atoms with Crippen molar-refractivity contribution in [3.05, 3.63) is 192 Å². The third-order valence-corrected chi connectivity index (χ3v) is 11.7. The molecule has 6 rings (SSSR count). The lowest BCUT2D eigenvalue weighted by Gasteiger charge is -2.26. The van der Waals surface area contributed by atoms with Gasteiger partial charge in [0.05, 0.1) is 27.4 Å². The smallest absolute Gasteiger partial charge is 0.186 e. The first-order valence-corrected chi connectivity index (χ1v) is 19.5. The van der Waals surface area contributed by atoms with E-state index in [0.29, 0.717) is 11.1 Å². The molecular weight excluding hydrogens is 681 g/mol. The number of sulfone groups is 1. The Bertz CT molecular complexity index is 2420. The lowest BCUT2D eigenvalue weighted by atomic mass is 9.80. The summed E-state index contributed by atoms with van der Waals surface area (Å²) in [5, 5.41) is 8.29. The van der Waals surface area contributed by atoms with Crippen LogP contribution >= 0.6 is 0 Å². The van der Waals surface area contributed by atoms with Crippen molar-refractivity contribution in [1.29, 1.82) is 5.26 Å². The molecule has 0 spiro atoms. The van der Waals surface area contributed by atoms with Crippen LogP contribution in [-0.4, -0.2) is 8.42 Å². The molecule has 0 bridgehead atoms. The van der Waals surface area contributed by atoms with Gasteiger partial charge in [0.1, 0.15) is 5.25 Å². The molecule has 0 radical (unpaired) electrons. The predicted octanol–water partition coefficient (Wildman–Crippen LogP) is 11.2. The van der Waals surface area contributed by atoms with Gasteiger partial charge < -0.3 is 4.90 Å². The van der Waals surface area contributed by atoms with Crippen LogP contribution in [0.25, 0.3) is 0 Å². The zero-order valence-electron chi connectivity index (χ0n) is 31.0. The van der Waals surface area contributed by atoms with Gasteiger partial charge in [-0.3, -0.25) is 0 Å². The van der Waals surface area contributed by atoms with Gasteiger partial charge in [0.15, 0.2) is 9.84 Å². The lowest BCUT2D eigenvalue weighted by Crippen LogP contribution is -2.19. The fourth-order valence-electron chi connectivity index (χ4n) is 6.25. The molecule has 0 aromatic heterocycles. The van der Waals surface area contributed by atoms with Crippen molar-refractivity contribution in [2.75, 3.05) is 4.90 Å². The summed E-state index contributed by atoms with van der Waals surface area (Å²) in [6.07, 6.45) is 0.126. The number of rotatable bonds is 9. The van der Waals surface area contributed by atoms with Gasteiger partial charge in [-0.25, -0.2) is 8.42 Å². The fraction of sp³-hybridized carbons (Fsp3) is 0.163. The first-order chi connectivity index (χ1) is 26.0. The van der Waals surface area contributed by atoms with Crippen LogP contribution < -0.4 is 4.90 Å². The van der Waals surface area contributed by atoms with Crippen molar-refractivity contribution in [1.82, 2.24) is 0 Å². The molecule has 266 valence electrons. The van der Waals surface area contributed by atoms with Crippen molar-refractivity contribution >= 4 is 26.9 Å². The van der Waals surface area contributed by atoms with E-state index < -0.39 is 25.9 Å². The SMILES string of the molecule is CC(C)(C#CC(C)(C)c1ccc(C#CCC(c2ccc(N(c3ccccc3)c3ccccc3)cc2)S(=O)(=O)c2ccccc2)cc1)c1ccc(C#N)cc1. The van der Waals surface area contributed by atoms with Crippen LogP contribution in [0.2, 0.25) is 0 Å². The summed E-state index contributed by atoms with van der Waals surface area (Å²) in [5.74, 6) is 13.4. The summed E-state index contributed by atoms with van der Waals surface area (Å²) in [6, 6.07) is 54.3. The molecule has 0 amide bonds. The van der Waals surface area contributed by atoms with E-state index in [-0.39, 0.29) is 11.3 Å². The third-order valence-electron chi connectivity index (χ3n) is 9.55. The summed E-state index contributed by atoms with van der Waals surface area (Å²) >= 11 is 0. The van der Waals surface area contributed by atoms with Gasteiger partial charge in [-0.05, 0) is 117 Å². The first-order valence-electron chi connectivity index (χ1n) is 17.9. The van der Waals surface area contributed by atoms with E-state index in [1.165, 1.54) is 0 Å². The van der Waals surface area contributed by atoms with Crippen LogP contribution in [0.4, 0.5) is 17.1 Å². The molecule has 0 aliphatic carbocycles. The zero-order valence-corrected chi connectivity index (χ0v) is 31.8. The van der Waals surface area contributed by atoms with E-state index >= 15 is 0 Å². The zero-order chi connectivity index (χ0) is 38.2. The van der Waals surface area contributed by atoms with E-state index in [1.54, 1.807) is 24.3 Å². The topological polar surface area (TPSA) is 61.2 Å². The Kier molecular flexibility index (Phi) is 11.2. The maximum Gasteiger partial charge on any atom is 0.186 e. The predicted molar refractivity (Wildman–Crippen MR) is 220 cm³/mol. The summed E-state index contributed by atoms with van der Waals surface area (Å²) in [5.41, 5.74) is 6.33. The van der Waals surface area contributed by atoms with Gasteiger partial charge in [0.2, 0.25) is 0 Å². The molecule has 1 atom stereocenters. The highest BCUT2D eigenvalue weighted by atomic mass is 32.2. The van der Waals surface area contributed by atoms with E-state index in [4.69, 9.17) is 5.26 Å². The number of nitrogens with zero attached hydrogens (tertiary/aromatic N) is 2. The maximum atomic E-state index is 14.1. The van der Waals surface area contributed by atoms with E-state index in [2.05, 4.69) is 86.6 Å². The Hall–Kier alpha value is -6.32. The Morgan fingerprint density at radius 1 is 0.556 bits per heavy atom. The molecule has 6 aromatic rings. The lowest BCUT2D eigenvalue weighted by molar-refractivity contribution is 0.583. The highest BCUT2D eigenvalue weighted by Crippen LogP contribution is 2.37. The molecule has 5 heteroatoms. The molecule has 0 N–H and O–H groups in total. The highest BCUT2D eigenvalue weighted by molar-refractivity contribution is 7.91. The first kappa shape index (κ1) is 37.4. The number of nitriles is 1. The van der Waals surface area contributed by atoms with Crippen LogP contribution in [0.5, 0.6) is 0 Å². The Labute approximate surface area is 320 Å². The minimum atomic E-state index is -3.76. The van der Waals surface area contributed by atoms with Crippen LogP contribution in [0.1, 0.15) is 67.2 Å². The molecular formula is C49H42N2O2S. The van der Waals surface area contributed by atoms with Gasteiger partial charge in [-0.15, -0.1) is 0 Å².